The van der Waals surface area contributed by atoms with E-state index in [2.05, 4.69) is 20.4 Å². The molecule has 1 unspecified atom stereocenters. The van der Waals surface area contributed by atoms with Gasteiger partial charge in [-0.1, -0.05) is 6.92 Å². The molecule has 9 heteroatoms. The number of amides is 1. The Morgan fingerprint density at radius 1 is 1.45 bits per heavy atom. The number of hydrogen-bond donors (Lipinski definition) is 3. The summed E-state index contributed by atoms with van der Waals surface area (Å²) in [5, 5.41) is 23.9. The van der Waals surface area contributed by atoms with Gasteiger partial charge < -0.3 is 15.5 Å². The number of nitrogens with one attached hydrogen (secondary N) is 1. The zero-order valence-electron chi connectivity index (χ0n) is 10.6. The predicted octanol–water partition coefficient (Wildman–Crippen LogP) is -1.14. The summed E-state index contributed by atoms with van der Waals surface area (Å²) in [5.41, 5.74) is 0.761. The van der Waals surface area contributed by atoms with E-state index in [4.69, 9.17) is 10.2 Å². The Balaban J connectivity index is 2.36. The fourth-order valence-electron chi connectivity index (χ4n) is 1.78. The number of carboxylic acids is 1. The van der Waals surface area contributed by atoms with Gasteiger partial charge in [-0.3, -0.25) is 4.79 Å². The second-order valence-corrected chi connectivity index (χ2v) is 3.99. The molecule has 0 saturated carbocycles. The summed E-state index contributed by atoms with van der Waals surface area (Å²) in [4.78, 5) is 30.8. The van der Waals surface area contributed by atoms with Crippen LogP contribution in [0.25, 0.3) is 5.78 Å². The molecule has 20 heavy (non-hydrogen) atoms. The number of carboxylic acid groups (broad SMARTS) is 1. The van der Waals surface area contributed by atoms with E-state index in [0.717, 1.165) is 0 Å². The summed E-state index contributed by atoms with van der Waals surface area (Å²) in [6, 6.07) is -1.36. The molecule has 0 saturated heterocycles. The Kier molecular flexibility index (Phi) is 3.89. The average Bonchev–Trinajstić information content (AvgIpc) is 2.91. The van der Waals surface area contributed by atoms with E-state index >= 15 is 0 Å². The average molecular weight is 279 g/mol. The number of aryl methyl sites for hydroxylation is 1. The summed E-state index contributed by atoms with van der Waals surface area (Å²) in [6.45, 7) is 1.13. The highest BCUT2D eigenvalue weighted by molar-refractivity contribution is 5.97. The van der Waals surface area contributed by atoms with Crippen molar-refractivity contribution in [3.05, 3.63) is 23.8 Å². The summed E-state index contributed by atoms with van der Waals surface area (Å²) >= 11 is 0. The van der Waals surface area contributed by atoms with Gasteiger partial charge in [-0.25, -0.2) is 14.3 Å². The number of aromatic nitrogens is 4. The predicted molar refractivity (Wildman–Crippen MR) is 66.1 cm³/mol. The second kappa shape index (κ2) is 5.61. The maximum Gasteiger partial charge on any atom is 0.328 e. The van der Waals surface area contributed by atoms with E-state index in [9.17, 15) is 9.59 Å². The van der Waals surface area contributed by atoms with Crippen LogP contribution in [0.5, 0.6) is 0 Å². The fraction of sp³-hybridized carbons (Fsp3) is 0.364. The molecule has 2 heterocycles. The number of rotatable bonds is 5. The Morgan fingerprint density at radius 3 is 2.80 bits per heavy atom. The standard InChI is InChI=1S/C11H13N5O4/c1-2-8-6(3-12-11-13-5-14-16(8)11)9(18)15-7(4-17)10(19)20/h3,5,7,17H,2,4H2,1H3,(H,15,18)(H,19,20). The molecule has 0 aliphatic carbocycles. The number of aliphatic carboxylic acids is 1. The van der Waals surface area contributed by atoms with Crippen LogP contribution >= 0.6 is 0 Å². The third kappa shape index (κ3) is 2.43. The van der Waals surface area contributed by atoms with E-state index in [1.807, 2.05) is 6.92 Å². The SMILES string of the molecule is CCc1c(C(=O)NC(CO)C(=O)O)cnc2ncnn12. The largest absolute Gasteiger partial charge is 0.480 e. The molecule has 2 aromatic heterocycles. The minimum Gasteiger partial charge on any atom is -0.480 e. The first-order valence-corrected chi connectivity index (χ1v) is 5.90. The number of carbonyl (C=O) groups excluding carboxylic acids is 1. The minimum absolute atomic E-state index is 0.199. The van der Waals surface area contributed by atoms with Crippen molar-refractivity contribution in [2.75, 3.05) is 6.61 Å². The highest BCUT2D eigenvalue weighted by Crippen LogP contribution is 2.10. The van der Waals surface area contributed by atoms with Crippen molar-refractivity contribution in [3.8, 4) is 0 Å². The van der Waals surface area contributed by atoms with Crippen LogP contribution in [-0.4, -0.2) is 54.3 Å². The van der Waals surface area contributed by atoms with E-state index in [1.165, 1.54) is 17.0 Å². The number of nitrogens with zero attached hydrogens (tertiary/aromatic N) is 4. The van der Waals surface area contributed by atoms with Gasteiger partial charge in [0.1, 0.15) is 6.33 Å². The summed E-state index contributed by atoms with van der Waals surface area (Å²) in [7, 11) is 0. The van der Waals surface area contributed by atoms with Crippen molar-refractivity contribution in [1.82, 2.24) is 24.9 Å². The molecule has 0 aromatic carbocycles. The van der Waals surface area contributed by atoms with Crippen LogP contribution in [0.2, 0.25) is 0 Å². The number of aliphatic hydroxyl groups is 1. The summed E-state index contributed by atoms with van der Waals surface area (Å²) in [6.07, 6.45) is 3.12. The lowest BCUT2D eigenvalue weighted by atomic mass is 10.1. The van der Waals surface area contributed by atoms with Gasteiger partial charge in [0, 0.05) is 6.20 Å². The Morgan fingerprint density at radius 2 is 2.20 bits per heavy atom. The van der Waals surface area contributed by atoms with Gasteiger partial charge in [-0.15, -0.1) is 0 Å². The van der Waals surface area contributed by atoms with Crippen LogP contribution in [0.3, 0.4) is 0 Å². The highest BCUT2D eigenvalue weighted by atomic mass is 16.4. The molecule has 1 amide bonds. The first-order chi connectivity index (χ1) is 9.58. The van der Waals surface area contributed by atoms with Crippen LogP contribution in [0.4, 0.5) is 0 Å². The van der Waals surface area contributed by atoms with E-state index in [0.29, 0.717) is 17.9 Å². The van der Waals surface area contributed by atoms with Crippen molar-refractivity contribution in [2.45, 2.75) is 19.4 Å². The first kappa shape index (κ1) is 13.9. The number of fused-ring (bicyclic) bond motifs is 1. The maximum absolute atomic E-state index is 12.1. The van der Waals surface area contributed by atoms with Gasteiger partial charge in [0.15, 0.2) is 6.04 Å². The molecule has 0 aliphatic rings. The van der Waals surface area contributed by atoms with Gasteiger partial charge in [0.25, 0.3) is 11.7 Å². The molecule has 2 rings (SSSR count). The molecular formula is C11H13N5O4. The molecule has 0 radical (unpaired) electrons. The molecule has 0 spiro atoms. The quantitative estimate of drug-likeness (QED) is 0.630. The van der Waals surface area contributed by atoms with Crippen LogP contribution < -0.4 is 5.32 Å². The van der Waals surface area contributed by atoms with Crippen LogP contribution in [0.15, 0.2) is 12.5 Å². The van der Waals surface area contributed by atoms with E-state index in [-0.39, 0.29) is 5.56 Å². The van der Waals surface area contributed by atoms with Gasteiger partial charge in [0.2, 0.25) is 0 Å². The van der Waals surface area contributed by atoms with Crippen molar-refractivity contribution in [2.24, 2.45) is 0 Å². The fourth-order valence-corrected chi connectivity index (χ4v) is 1.78. The summed E-state index contributed by atoms with van der Waals surface area (Å²) < 4.78 is 1.42. The zero-order chi connectivity index (χ0) is 14.7. The van der Waals surface area contributed by atoms with Crippen LogP contribution in [-0.2, 0) is 11.2 Å². The third-order valence-corrected chi connectivity index (χ3v) is 2.77. The van der Waals surface area contributed by atoms with Gasteiger partial charge in [-0.05, 0) is 6.42 Å². The van der Waals surface area contributed by atoms with E-state index < -0.39 is 24.5 Å². The molecule has 0 bridgehead atoms. The molecule has 9 nitrogen and oxygen atoms in total. The van der Waals surface area contributed by atoms with Crippen LogP contribution in [0, 0.1) is 0 Å². The number of hydrogen-bond acceptors (Lipinski definition) is 6. The topological polar surface area (TPSA) is 130 Å². The molecule has 3 N–H and O–H groups in total. The lowest BCUT2D eigenvalue weighted by molar-refractivity contribution is -0.140. The van der Waals surface area contributed by atoms with Crippen molar-refractivity contribution in [1.29, 1.82) is 0 Å². The molecule has 2 aromatic rings. The van der Waals surface area contributed by atoms with Crippen LogP contribution in [0.1, 0.15) is 23.0 Å². The zero-order valence-corrected chi connectivity index (χ0v) is 10.6. The monoisotopic (exact) mass is 279 g/mol. The Bertz CT molecular complexity index is 653. The van der Waals surface area contributed by atoms with Crippen molar-refractivity contribution >= 4 is 17.7 Å². The lowest BCUT2D eigenvalue weighted by Gasteiger charge is -2.13. The highest BCUT2D eigenvalue weighted by Gasteiger charge is 2.22. The van der Waals surface area contributed by atoms with Gasteiger partial charge >= 0.3 is 5.97 Å². The van der Waals surface area contributed by atoms with E-state index in [1.54, 1.807) is 0 Å². The maximum atomic E-state index is 12.1. The smallest absolute Gasteiger partial charge is 0.328 e. The van der Waals surface area contributed by atoms with Crippen molar-refractivity contribution in [3.63, 3.8) is 0 Å². The molecule has 0 aliphatic heterocycles. The molecule has 0 fully saturated rings. The minimum atomic E-state index is -1.36. The van der Waals surface area contributed by atoms with Gasteiger partial charge in [-0.2, -0.15) is 10.1 Å². The first-order valence-electron chi connectivity index (χ1n) is 5.90. The van der Waals surface area contributed by atoms with Gasteiger partial charge in [0.05, 0.1) is 17.9 Å². The van der Waals surface area contributed by atoms with Crippen molar-refractivity contribution < 1.29 is 19.8 Å². The third-order valence-electron chi connectivity index (χ3n) is 2.77. The molecular weight excluding hydrogens is 266 g/mol. The summed E-state index contributed by atoms with van der Waals surface area (Å²) in [5.74, 6) is -1.59. The number of carbonyl (C=O) groups is 2. The normalized spacial score (nSPS) is 12.3. The Labute approximate surface area is 113 Å². The molecule has 1 atom stereocenters. The second-order valence-electron chi connectivity index (χ2n) is 3.99. The Hall–Kier alpha value is -2.55. The lowest BCUT2D eigenvalue weighted by Crippen LogP contribution is -2.43. The molecule has 106 valence electrons. The number of aliphatic hydroxyl groups excluding tert-OH is 1.